The number of fused-ring (bicyclic) bond motifs is 1. The first kappa shape index (κ1) is 16.6. The fourth-order valence-corrected chi connectivity index (χ4v) is 6.30. The van der Waals surface area contributed by atoms with Crippen LogP contribution in [-0.2, 0) is 16.1 Å². The highest BCUT2D eigenvalue weighted by Gasteiger charge is 2.45. The van der Waals surface area contributed by atoms with Crippen LogP contribution < -0.4 is 11.1 Å². The number of hydrogen-bond acceptors (Lipinski definition) is 7. The van der Waals surface area contributed by atoms with Crippen molar-refractivity contribution in [3.63, 3.8) is 0 Å². The third-order valence-electron chi connectivity index (χ3n) is 3.23. The minimum Gasteiger partial charge on any atom is -0.477 e. The van der Waals surface area contributed by atoms with Gasteiger partial charge >= 0.3 is 5.97 Å². The zero-order valence-corrected chi connectivity index (χ0v) is 14.9. The van der Waals surface area contributed by atoms with E-state index >= 15 is 0 Å². The maximum atomic E-state index is 11.6. The summed E-state index contributed by atoms with van der Waals surface area (Å²) in [5.74, 6) is -1.22. The van der Waals surface area contributed by atoms with Crippen molar-refractivity contribution < 1.29 is 14.7 Å². The molecule has 1 aromatic heterocycles. The van der Waals surface area contributed by atoms with Crippen LogP contribution in [0.15, 0.2) is 21.5 Å². The van der Waals surface area contributed by atoms with Gasteiger partial charge in [0.2, 0.25) is 5.91 Å². The van der Waals surface area contributed by atoms with E-state index in [1.165, 1.54) is 28.0 Å². The van der Waals surface area contributed by atoms with E-state index in [-0.39, 0.29) is 26.7 Å². The van der Waals surface area contributed by atoms with Gasteiger partial charge in [0, 0.05) is 0 Å². The molecule has 2 aliphatic heterocycles. The van der Waals surface area contributed by atoms with Crippen LogP contribution in [0.4, 0.5) is 0 Å². The number of carboxylic acid groups (broad SMARTS) is 1. The van der Waals surface area contributed by atoms with Crippen LogP contribution in [0.2, 0.25) is 0 Å². The van der Waals surface area contributed by atoms with Crippen molar-refractivity contribution >= 4 is 64.1 Å². The Hall–Kier alpha value is -1.30. The van der Waals surface area contributed by atoms with Crippen LogP contribution in [0.3, 0.4) is 0 Å². The van der Waals surface area contributed by atoms with Crippen molar-refractivity contribution in [3.05, 3.63) is 23.0 Å². The Bertz CT molecular complexity index is 704. The summed E-state index contributed by atoms with van der Waals surface area (Å²) in [7, 11) is 0. The molecule has 1 unspecified atom stereocenters. The molecule has 0 saturated carbocycles. The molecule has 2 aliphatic rings. The van der Waals surface area contributed by atoms with Gasteiger partial charge in [0.1, 0.15) is 5.70 Å². The zero-order chi connectivity index (χ0) is 16.6. The molecule has 0 bridgehead atoms. The zero-order valence-electron chi connectivity index (χ0n) is 11.6. The van der Waals surface area contributed by atoms with Gasteiger partial charge in [-0.2, -0.15) is 0 Å². The molecule has 3 rings (SSSR count). The molecule has 11 heteroatoms. The van der Waals surface area contributed by atoms with Crippen molar-refractivity contribution in [1.82, 2.24) is 15.2 Å². The molecular formula is C12H12N4O3S4. The Balaban J connectivity index is 1.74. The molecule has 122 valence electrons. The number of nitrogens with zero attached hydrogens (tertiary/aromatic N) is 2. The normalized spacial score (nSPS) is 22.9. The van der Waals surface area contributed by atoms with Gasteiger partial charge in [0.05, 0.1) is 38.3 Å². The van der Waals surface area contributed by atoms with Crippen molar-refractivity contribution in [2.75, 3.05) is 0 Å². The van der Waals surface area contributed by atoms with Crippen LogP contribution in [0.1, 0.15) is 12.1 Å². The number of thiazole rings is 1. The van der Waals surface area contributed by atoms with Crippen molar-refractivity contribution in [3.8, 4) is 0 Å². The number of carbonyl (C=O) groups excluding carboxylic acids is 1. The Morgan fingerprint density at radius 3 is 3.09 bits per heavy atom. The third-order valence-corrected chi connectivity index (χ3v) is 7.15. The molecule has 0 aromatic carbocycles. The average molecular weight is 389 g/mol. The van der Waals surface area contributed by atoms with E-state index in [2.05, 4.69) is 10.3 Å². The number of thioether (sulfide) groups is 2. The quantitative estimate of drug-likeness (QED) is 0.506. The Labute approximate surface area is 149 Å². The summed E-state index contributed by atoms with van der Waals surface area (Å²) in [5, 5.41) is 12.3. The molecule has 1 fully saturated rings. The molecule has 0 spiro atoms. The van der Waals surface area contributed by atoms with Crippen LogP contribution >= 0.6 is 47.1 Å². The number of thiocarbonyl (C=S) groups is 1. The van der Waals surface area contributed by atoms with Gasteiger partial charge < -0.3 is 16.2 Å². The van der Waals surface area contributed by atoms with Crippen molar-refractivity contribution in [1.29, 1.82) is 0 Å². The summed E-state index contributed by atoms with van der Waals surface area (Å²) in [4.78, 5) is 28.6. The Morgan fingerprint density at radius 1 is 1.65 bits per heavy atom. The molecule has 4 N–H and O–H groups in total. The van der Waals surface area contributed by atoms with Gasteiger partial charge in [-0.3, -0.25) is 9.69 Å². The molecule has 1 aromatic rings. The average Bonchev–Trinajstić information content (AvgIpc) is 2.90. The van der Waals surface area contributed by atoms with E-state index in [1.807, 2.05) is 0 Å². The first-order valence-corrected chi connectivity index (χ1v) is 9.61. The predicted molar refractivity (Wildman–Crippen MR) is 93.9 cm³/mol. The fraction of sp³-hybridized carbons (Fsp3) is 0.333. The molecular weight excluding hydrogens is 376 g/mol. The smallest absolute Gasteiger partial charge is 0.352 e. The number of aromatic nitrogens is 1. The predicted octanol–water partition coefficient (Wildman–Crippen LogP) is 1.17. The molecule has 1 amide bonds. The molecule has 2 atom stereocenters. The van der Waals surface area contributed by atoms with Gasteiger partial charge in [0.15, 0.2) is 5.11 Å². The van der Waals surface area contributed by atoms with E-state index in [1.54, 1.807) is 23.3 Å². The van der Waals surface area contributed by atoms with Gasteiger partial charge in [-0.1, -0.05) is 11.8 Å². The molecule has 0 aliphatic carbocycles. The number of carbonyl (C=O) groups is 2. The summed E-state index contributed by atoms with van der Waals surface area (Å²) in [5.41, 5.74) is 8.04. The van der Waals surface area contributed by atoms with Crippen LogP contribution in [-0.4, -0.2) is 41.9 Å². The third kappa shape index (κ3) is 3.47. The lowest BCUT2D eigenvalue weighted by atomic mass is 10.1. The Morgan fingerprint density at radius 2 is 2.43 bits per heavy atom. The van der Waals surface area contributed by atoms with Crippen LogP contribution in [0, 0.1) is 0 Å². The van der Waals surface area contributed by atoms with Gasteiger partial charge in [-0.05, 0) is 18.3 Å². The summed E-state index contributed by atoms with van der Waals surface area (Å²) in [6.07, 6.45) is 2.00. The summed E-state index contributed by atoms with van der Waals surface area (Å²) < 4.78 is 0.894. The second-order valence-corrected chi connectivity index (χ2v) is 9.03. The first-order chi connectivity index (χ1) is 11.0. The van der Waals surface area contributed by atoms with E-state index in [4.69, 9.17) is 18.0 Å². The number of aliphatic carboxylic acids is 1. The number of nitrogens with two attached hydrogens (primary N) is 1. The molecule has 3 heterocycles. The highest BCUT2D eigenvalue weighted by Crippen LogP contribution is 2.47. The Kier molecular flexibility index (Phi) is 4.80. The summed E-state index contributed by atoms with van der Waals surface area (Å²) in [6, 6.07) is 0. The number of rotatable bonds is 5. The van der Waals surface area contributed by atoms with Crippen molar-refractivity contribution in [2.24, 2.45) is 5.73 Å². The van der Waals surface area contributed by atoms with Gasteiger partial charge in [0.25, 0.3) is 0 Å². The monoisotopic (exact) mass is 388 g/mol. The van der Waals surface area contributed by atoms with E-state index in [0.717, 1.165) is 9.90 Å². The van der Waals surface area contributed by atoms with Gasteiger partial charge in [-0.25, -0.2) is 9.78 Å². The van der Waals surface area contributed by atoms with Crippen LogP contribution in [0.5, 0.6) is 0 Å². The molecule has 0 radical (unpaired) electrons. The minimum absolute atomic E-state index is 0.0647. The lowest BCUT2D eigenvalue weighted by Crippen LogP contribution is -2.53. The standard InChI is InChI=1S/C12H12N4O3S4/c13-12(20)14-3-5-11(21-4-15-5)23-9-1-6(10(18)19)16-7(17)2-8(16)22-9/h1,4,8-9H,2-3H2,(H,18,19)(H3,13,14,20)/t8-,9?/m1/s1. The molecule has 1 saturated heterocycles. The van der Waals surface area contributed by atoms with E-state index < -0.39 is 5.97 Å². The largest absolute Gasteiger partial charge is 0.477 e. The lowest BCUT2D eigenvalue weighted by Gasteiger charge is -2.44. The topological polar surface area (TPSA) is 109 Å². The molecule has 7 nitrogen and oxygen atoms in total. The van der Waals surface area contributed by atoms with Gasteiger partial charge in [-0.15, -0.1) is 23.1 Å². The fourth-order valence-electron chi connectivity index (χ4n) is 2.17. The number of β-lactam (4-membered cyclic amide) rings is 1. The lowest BCUT2D eigenvalue weighted by molar-refractivity contribution is -0.146. The van der Waals surface area contributed by atoms with E-state index in [0.29, 0.717) is 13.0 Å². The number of nitrogens with one attached hydrogen (secondary N) is 1. The van der Waals surface area contributed by atoms with E-state index in [9.17, 15) is 14.7 Å². The summed E-state index contributed by atoms with van der Waals surface area (Å²) >= 11 is 9.37. The highest BCUT2D eigenvalue weighted by atomic mass is 32.2. The van der Waals surface area contributed by atoms with Crippen molar-refractivity contribution in [2.45, 2.75) is 27.1 Å². The second kappa shape index (κ2) is 6.67. The molecule has 23 heavy (non-hydrogen) atoms. The van der Waals surface area contributed by atoms with Crippen LogP contribution in [0.25, 0.3) is 0 Å². The first-order valence-electron chi connectivity index (χ1n) is 6.50. The summed E-state index contributed by atoms with van der Waals surface area (Å²) in [6.45, 7) is 0.433. The number of carboxylic acids is 1. The second-order valence-electron chi connectivity index (χ2n) is 4.71. The number of hydrogen-bond donors (Lipinski definition) is 3. The minimum atomic E-state index is -1.08. The maximum Gasteiger partial charge on any atom is 0.352 e. The highest BCUT2D eigenvalue weighted by molar-refractivity contribution is 8.18. The maximum absolute atomic E-state index is 11.6. The SMILES string of the molecule is NC(=S)NCc1ncsc1SC1C=C(C(=O)O)N2C(=O)C[C@H]2S1. The number of amides is 1.